The summed E-state index contributed by atoms with van der Waals surface area (Å²) in [5.41, 5.74) is 3.95. The molecule has 2 aliphatic rings. The summed E-state index contributed by atoms with van der Waals surface area (Å²) in [5.74, 6) is -2.68. The van der Waals surface area contributed by atoms with Crippen molar-refractivity contribution in [1.29, 1.82) is 0 Å². The Kier molecular flexibility index (Phi) is 6.45. The molecule has 0 radical (unpaired) electrons. The predicted octanol–water partition coefficient (Wildman–Crippen LogP) is 3.31. The minimum absolute atomic E-state index is 0.0769. The SMILES string of the molecule is Cn1cc(CN2CCC3(C2)CN(C(=O)c2ccsc2)c2cccnc23)cn1.O=C(O)C(F)(F)F. The van der Waals surface area contributed by atoms with Crippen LogP contribution in [-0.2, 0) is 23.8 Å². The van der Waals surface area contributed by atoms with Crippen molar-refractivity contribution >= 4 is 28.9 Å². The minimum Gasteiger partial charge on any atom is -0.475 e. The number of pyridine rings is 1. The molecule has 1 amide bonds. The molecule has 1 fully saturated rings. The van der Waals surface area contributed by atoms with E-state index in [4.69, 9.17) is 14.9 Å². The maximum atomic E-state index is 13.1. The Balaban J connectivity index is 0.000000344. The van der Waals surface area contributed by atoms with Crippen LogP contribution in [0.4, 0.5) is 18.9 Å². The summed E-state index contributed by atoms with van der Waals surface area (Å²) in [5, 5.41) is 15.3. The molecule has 12 heteroatoms. The number of hydrogen-bond acceptors (Lipinski definition) is 6. The van der Waals surface area contributed by atoms with Crippen LogP contribution in [0.15, 0.2) is 47.5 Å². The third-order valence-corrected chi connectivity index (χ3v) is 6.58. The number of amides is 1. The lowest BCUT2D eigenvalue weighted by Gasteiger charge is -2.25. The molecule has 34 heavy (non-hydrogen) atoms. The molecule has 8 nitrogen and oxygen atoms in total. The fourth-order valence-corrected chi connectivity index (χ4v) is 5.07. The van der Waals surface area contributed by atoms with Crippen LogP contribution in [0.3, 0.4) is 0 Å². The van der Waals surface area contributed by atoms with E-state index >= 15 is 0 Å². The molecule has 2 aliphatic heterocycles. The molecule has 1 atom stereocenters. The van der Waals surface area contributed by atoms with Crippen LogP contribution in [0, 0.1) is 0 Å². The highest BCUT2D eigenvalue weighted by Gasteiger charge is 2.50. The summed E-state index contributed by atoms with van der Waals surface area (Å²) in [6, 6.07) is 5.86. The van der Waals surface area contributed by atoms with E-state index in [9.17, 15) is 18.0 Å². The molecule has 180 valence electrons. The molecule has 1 N–H and O–H groups in total. The third-order valence-electron chi connectivity index (χ3n) is 5.89. The second-order valence-corrected chi connectivity index (χ2v) is 9.12. The van der Waals surface area contributed by atoms with Crippen molar-refractivity contribution in [2.24, 2.45) is 7.05 Å². The summed E-state index contributed by atoms with van der Waals surface area (Å²) >= 11 is 1.56. The summed E-state index contributed by atoms with van der Waals surface area (Å²) in [6.07, 6.45) is 1.78. The van der Waals surface area contributed by atoms with Crippen molar-refractivity contribution < 1.29 is 27.9 Å². The predicted molar refractivity (Wildman–Crippen MR) is 119 cm³/mol. The van der Waals surface area contributed by atoms with Gasteiger partial charge in [0.1, 0.15) is 0 Å². The summed E-state index contributed by atoms with van der Waals surface area (Å²) < 4.78 is 33.6. The van der Waals surface area contributed by atoms with E-state index in [0.717, 1.165) is 43.0 Å². The lowest BCUT2D eigenvalue weighted by Crippen LogP contribution is -2.39. The van der Waals surface area contributed by atoms with E-state index < -0.39 is 12.1 Å². The maximum Gasteiger partial charge on any atom is 0.490 e. The van der Waals surface area contributed by atoms with Gasteiger partial charge in [0, 0.05) is 55.4 Å². The first-order chi connectivity index (χ1) is 16.1. The van der Waals surface area contributed by atoms with Crippen LogP contribution in [0.2, 0.25) is 0 Å². The van der Waals surface area contributed by atoms with Gasteiger partial charge in [-0.3, -0.25) is 19.4 Å². The average Bonchev–Trinajstić information content (AvgIpc) is 3.57. The molecule has 5 rings (SSSR count). The highest BCUT2D eigenvalue weighted by molar-refractivity contribution is 7.08. The number of aromatic nitrogens is 3. The Labute approximate surface area is 197 Å². The largest absolute Gasteiger partial charge is 0.490 e. The summed E-state index contributed by atoms with van der Waals surface area (Å²) in [7, 11) is 1.94. The summed E-state index contributed by atoms with van der Waals surface area (Å²) in [6.45, 7) is 3.51. The van der Waals surface area contributed by atoms with Gasteiger partial charge in [0.2, 0.25) is 0 Å². The maximum absolute atomic E-state index is 13.1. The highest BCUT2D eigenvalue weighted by Crippen LogP contribution is 2.45. The van der Waals surface area contributed by atoms with Gasteiger partial charge in [-0.05, 0) is 36.5 Å². The monoisotopic (exact) mass is 493 g/mol. The van der Waals surface area contributed by atoms with Crippen molar-refractivity contribution in [3.05, 3.63) is 64.4 Å². The fourth-order valence-electron chi connectivity index (χ4n) is 4.44. The van der Waals surface area contributed by atoms with Gasteiger partial charge in [-0.15, -0.1) is 0 Å². The topological polar surface area (TPSA) is 91.6 Å². The van der Waals surface area contributed by atoms with Gasteiger partial charge in [-0.25, -0.2) is 4.79 Å². The number of nitrogens with zero attached hydrogens (tertiary/aromatic N) is 5. The number of aliphatic carboxylic acids is 1. The number of carboxylic acid groups (broad SMARTS) is 1. The van der Waals surface area contributed by atoms with Gasteiger partial charge in [0.15, 0.2) is 0 Å². The number of fused-ring (bicyclic) bond motifs is 2. The second-order valence-electron chi connectivity index (χ2n) is 8.34. The van der Waals surface area contributed by atoms with E-state index in [1.807, 2.05) is 58.0 Å². The number of anilines is 1. The molecule has 3 aromatic heterocycles. The Morgan fingerprint density at radius 1 is 1.26 bits per heavy atom. The first-order valence-electron chi connectivity index (χ1n) is 10.4. The van der Waals surface area contributed by atoms with E-state index in [-0.39, 0.29) is 11.3 Å². The number of aryl methyl sites for hydroxylation is 1. The lowest BCUT2D eigenvalue weighted by molar-refractivity contribution is -0.192. The first kappa shape index (κ1) is 23.9. The lowest BCUT2D eigenvalue weighted by atomic mass is 9.85. The molecule has 0 aromatic carbocycles. The van der Waals surface area contributed by atoms with E-state index in [1.54, 1.807) is 11.3 Å². The Morgan fingerprint density at radius 3 is 2.65 bits per heavy atom. The van der Waals surface area contributed by atoms with Crippen LogP contribution in [0.1, 0.15) is 28.0 Å². The number of carboxylic acids is 1. The second kappa shape index (κ2) is 9.18. The molecular weight excluding hydrogens is 471 g/mol. The molecule has 0 bridgehead atoms. The van der Waals surface area contributed by atoms with Crippen LogP contribution >= 0.6 is 11.3 Å². The standard InChI is InChI=1S/C20H21N5OS.C2HF3O2/c1-23-10-15(9-22-23)11-24-7-5-20(13-24)14-25(17-3-2-6-21-18(17)20)19(26)16-4-8-27-12-16;3-2(4,5)1(6)7/h2-4,6,8-10,12H,5,7,11,13-14H2,1H3;(H,6,7). The van der Waals surface area contributed by atoms with Crippen molar-refractivity contribution in [2.75, 3.05) is 24.5 Å². The van der Waals surface area contributed by atoms with Crippen LogP contribution in [0.5, 0.6) is 0 Å². The molecule has 0 saturated carbocycles. The number of carbonyl (C=O) groups is 2. The van der Waals surface area contributed by atoms with Crippen LogP contribution in [-0.4, -0.2) is 62.5 Å². The zero-order chi connectivity index (χ0) is 24.5. The van der Waals surface area contributed by atoms with E-state index in [2.05, 4.69) is 16.2 Å². The van der Waals surface area contributed by atoms with Gasteiger partial charge < -0.3 is 10.0 Å². The van der Waals surface area contributed by atoms with Gasteiger partial charge >= 0.3 is 12.1 Å². The Hall–Kier alpha value is -3.25. The molecule has 1 unspecified atom stereocenters. The number of halogens is 3. The Morgan fingerprint density at radius 2 is 2.03 bits per heavy atom. The van der Waals surface area contributed by atoms with Crippen molar-refractivity contribution in [2.45, 2.75) is 24.6 Å². The van der Waals surface area contributed by atoms with Gasteiger partial charge in [-0.2, -0.15) is 29.6 Å². The van der Waals surface area contributed by atoms with Gasteiger partial charge in [-0.1, -0.05) is 0 Å². The smallest absolute Gasteiger partial charge is 0.475 e. The number of hydrogen-bond donors (Lipinski definition) is 1. The summed E-state index contributed by atoms with van der Waals surface area (Å²) in [4.78, 5) is 31.1. The number of likely N-dealkylation sites (tertiary alicyclic amines) is 1. The van der Waals surface area contributed by atoms with Gasteiger partial charge in [0.05, 0.1) is 23.1 Å². The molecule has 3 aromatic rings. The first-order valence-corrected chi connectivity index (χ1v) is 11.3. The van der Waals surface area contributed by atoms with Crippen molar-refractivity contribution in [3.63, 3.8) is 0 Å². The minimum atomic E-state index is -5.08. The average molecular weight is 494 g/mol. The van der Waals surface area contributed by atoms with Crippen LogP contribution < -0.4 is 4.90 Å². The van der Waals surface area contributed by atoms with Crippen molar-refractivity contribution in [1.82, 2.24) is 19.7 Å². The zero-order valence-electron chi connectivity index (χ0n) is 18.2. The molecule has 5 heterocycles. The Bertz CT molecular complexity index is 1180. The molecule has 1 saturated heterocycles. The molecule has 1 spiro atoms. The quantitative estimate of drug-likeness (QED) is 0.602. The molecule has 0 aliphatic carbocycles. The van der Waals surface area contributed by atoms with E-state index in [1.165, 1.54) is 5.56 Å². The normalized spacial score (nSPS) is 19.7. The van der Waals surface area contributed by atoms with Crippen LogP contribution in [0.25, 0.3) is 0 Å². The number of alkyl halides is 3. The number of rotatable bonds is 3. The zero-order valence-corrected chi connectivity index (χ0v) is 19.0. The highest BCUT2D eigenvalue weighted by atomic mass is 32.1. The third kappa shape index (κ3) is 4.82. The number of carbonyl (C=O) groups excluding carboxylic acids is 1. The number of thiophene rings is 1. The van der Waals surface area contributed by atoms with E-state index in [0.29, 0.717) is 6.54 Å². The molecular formula is C22H22F3N5O3S. The van der Waals surface area contributed by atoms with Gasteiger partial charge in [0.25, 0.3) is 5.91 Å². The van der Waals surface area contributed by atoms with Crippen molar-refractivity contribution in [3.8, 4) is 0 Å². The fraction of sp³-hybridized carbons (Fsp3) is 0.364.